The van der Waals surface area contributed by atoms with Crippen molar-refractivity contribution in [3.05, 3.63) is 29.3 Å². The molecule has 0 aliphatic heterocycles. The Labute approximate surface area is 84.4 Å². The van der Waals surface area contributed by atoms with Gasteiger partial charge in [0.05, 0.1) is 6.61 Å². The molecule has 0 aliphatic rings. The van der Waals surface area contributed by atoms with Crippen molar-refractivity contribution in [2.45, 2.75) is 13.3 Å². The SMILES string of the molecule is Cc1cccc(NCCO)c1CCO. The zero-order chi connectivity index (χ0) is 10.4. The van der Waals surface area contributed by atoms with Gasteiger partial charge >= 0.3 is 0 Å². The molecular weight excluding hydrogens is 178 g/mol. The van der Waals surface area contributed by atoms with E-state index in [1.807, 2.05) is 25.1 Å². The summed E-state index contributed by atoms with van der Waals surface area (Å²) in [7, 11) is 0. The summed E-state index contributed by atoms with van der Waals surface area (Å²) in [4.78, 5) is 0. The molecule has 3 N–H and O–H groups in total. The van der Waals surface area contributed by atoms with E-state index in [1.54, 1.807) is 0 Å². The van der Waals surface area contributed by atoms with Gasteiger partial charge in [-0.3, -0.25) is 0 Å². The van der Waals surface area contributed by atoms with Crippen LogP contribution in [0.2, 0.25) is 0 Å². The van der Waals surface area contributed by atoms with Gasteiger partial charge in [0.15, 0.2) is 0 Å². The molecule has 0 atom stereocenters. The number of aryl methyl sites for hydroxylation is 1. The molecule has 14 heavy (non-hydrogen) atoms. The Morgan fingerprint density at radius 1 is 1.21 bits per heavy atom. The molecule has 0 unspecified atom stereocenters. The number of anilines is 1. The van der Waals surface area contributed by atoms with Gasteiger partial charge in [-0.1, -0.05) is 12.1 Å². The maximum atomic E-state index is 8.92. The van der Waals surface area contributed by atoms with Gasteiger partial charge in [-0.05, 0) is 30.5 Å². The van der Waals surface area contributed by atoms with Crippen molar-refractivity contribution in [3.63, 3.8) is 0 Å². The molecule has 0 radical (unpaired) electrons. The van der Waals surface area contributed by atoms with Crippen LogP contribution in [0.1, 0.15) is 11.1 Å². The molecule has 0 aliphatic carbocycles. The number of rotatable bonds is 5. The van der Waals surface area contributed by atoms with Crippen LogP contribution in [0.4, 0.5) is 5.69 Å². The third kappa shape index (κ3) is 2.72. The van der Waals surface area contributed by atoms with Crippen molar-refractivity contribution in [1.82, 2.24) is 0 Å². The van der Waals surface area contributed by atoms with Crippen molar-refractivity contribution in [2.75, 3.05) is 25.1 Å². The predicted octanol–water partition coefficient (Wildman–Crippen LogP) is 0.934. The van der Waals surface area contributed by atoms with Crippen LogP contribution in [0.5, 0.6) is 0 Å². The highest BCUT2D eigenvalue weighted by molar-refractivity contribution is 5.54. The topological polar surface area (TPSA) is 52.5 Å². The predicted molar refractivity (Wildman–Crippen MR) is 57.5 cm³/mol. The Morgan fingerprint density at radius 3 is 2.64 bits per heavy atom. The van der Waals surface area contributed by atoms with Gasteiger partial charge in [0.2, 0.25) is 0 Å². The Morgan fingerprint density at radius 2 is 2.00 bits per heavy atom. The zero-order valence-corrected chi connectivity index (χ0v) is 8.45. The molecule has 0 spiro atoms. The van der Waals surface area contributed by atoms with Crippen molar-refractivity contribution in [1.29, 1.82) is 0 Å². The van der Waals surface area contributed by atoms with Crippen LogP contribution >= 0.6 is 0 Å². The van der Waals surface area contributed by atoms with Crippen molar-refractivity contribution < 1.29 is 10.2 Å². The normalized spacial score (nSPS) is 10.2. The molecule has 0 bridgehead atoms. The van der Waals surface area contributed by atoms with Gasteiger partial charge in [0, 0.05) is 18.8 Å². The summed E-state index contributed by atoms with van der Waals surface area (Å²) >= 11 is 0. The van der Waals surface area contributed by atoms with E-state index >= 15 is 0 Å². The molecule has 0 amide bonds. The van der Waals surface area contributed by atoms with Gasteiger partial charge in [0.25, 0.3) is 0 Å². The van der Waals surface area contributed by atoms with E-state index in [1.165, 1.54) is 5.56 Å². The van der Waals surface area contributed by atoms with Crippen LogP contribution < -0.4 is 5.32 Å². The lowest BCUT2D eigenvalue weighted by Gasteiger charge is -2.12. The number of nitrogens with one attached hydrogen (secondary N) is 1. The Hall–Kier alpha value is -1.06. The van der Waals surface area contributed by atoms with Crippen molar-refractivity contribution in [2.24, 2.45) is 0 Å². The van der Waals surface area contributed by atoms with Gasteiger partial charge in [-0.25, -0.2) is 0 Å². The highest BCUT2D eigenvalue weighted by Crippen LogP contribution is 2.19. The number of hydrogen-bond donors (Lipinski definition) is 3. The minimum Gasteiger partial charge on any atom is -0.396 e. The summed E-state index contributed by atoms with van der Waals surface area (Å²) in [5.74, 6) is 0. The van der Waals surface area contributed by atoms with Crippen molar-refractivity contribution >= 4 is 5.69 Å². The fourth-order valence-electron chi connectivity index (χ4n) is 1.50. The lowest BCUT2D eigenvalue weighted by molar-refractivity contribution is 0.299. The lowest BCUT2D eigenvalue weighted by Crippen LogP contribution is -2.09. The first-order chi connectivity index (χ1) is 6.79. The molecule has 0 saturated heterocycles. The maximum absolute atomic E-state index is 8.92. The van der Waals surface area contributed by atoms with E-state index in [-0.39, 0.29) is 13.2 Å². The number of benzene rings is 1. The monoisotopic (exact) mass is 195 g/mol. The summed E-state index contributed by atoms with van der Waals surface area (Å²) in [5, 5.41) is 20.8. The quantitative estimate of drug-likeness (QED) is 0.655. The van der Waals surface area contributed by atoms with E-state index in [2.05, 4.69) is 5.32 Å². The largest absolute Gasteiger partial charge is 0.396 e. The highest BCUT2D eigenvalue weighted by atomic mass is 16.3. The Bertz CT molecular complexity index is 287. The first-order valence-corrected chi connectivity index (χ1v) is 4.83. The van der Waals surface area contributed by atoms with Crippen LogP contribution in [0.25, 0.3) is 0 Å². The minimum absolute atomic E-state index is 0.118. The van der Waals surface area contributed by atoms with E-state index in [9.17, 15) is 0 Å². The van der Waals surface area contributed by atoms with Crippen LogP contribution in [0.15, 0.2) is 18.2 Å². The number of hydrogen-bond acceptors (Lipinski definition) is 3. The smallest absolute Gasteiger partial charge is 0.0604 e. The average molecular weight is 195 g/mol. The molecule has 1 rings (SSSR count). The van der Waals surface area contributed by atoms with Gasteiger partial charge in [0.1, 0.15) is 0 Å². The zero-order valence-electron chi connectivity index (χ0n) is 8.45. The molecular formula is C11H17NO2. The van der Waals surface area contributed by atoms with E-state index in [0.717, 1.165) is 11.3 Å². The number of aliphatic hydroxyl groups is 2. The van der Waals surface area contributed by atoms with Gasteiger partial charge in [-0.15, -0.1) is 0 Å². The van der Waals surface area contributed by atoms with Crippen LogP contribution in [-0.4, -0.2) is 30.0 Å². The van der Waals surface area contributed by atoms with Crippen LogP contribution in [-0.2, 0) is 6.42 Å². The molecule has 0 saturated carbocycles. The molecule has 0 fully saturated rings. The lowest BCUT2D eigenvalue weighted by atomic mass is 10.0. The fraction of sp³-hybridized carbons (Fsp3) is 0.455. The fourth-order valence-corrected chi connectivity index (χ4v) is 1.50. The molecule has 3 nitrogen and oxygen atoms in total. The first kappa shape index (κ1) is 11.0. The summed E-state index contributed by atoms with van der Waals surface area (Å²) < 4.78 is 0. The third-order valence-electron chi connectivity index (χ3n) is 2.20. The van der Waals surface area contributed by atoms with Crippen LogP contribution in [0.3, 0.4) is 0 Å². The average Bonchev–Trinajstić information content (AvgIpc) is 2.19. The van der Waals surface area contributed by atoms with Crippen molar-refractivity contribution in [3.8, 4) is 0 Å². The first-order valence-electron chi connectivity index (χ1n) is 4.83. The summed E-state index contributed by atoms with van der Waals surface area (Å²) in [6, 6.07) is 5.96. The van der Waals surface area contributed by atoms with E-state index < -0.39 is 0 Å². The molecule has 1 aromatic rings. The molecule has 0 aromatic heterocycles. The molecule has 3 heteroatoms. The maximum Gasteiger partial charge on any atom is 0.0604 e. The summed E-state index contributed by atoms with van der Waals surface area (Å²) in [5.41, 5.74) is 3.30. The second kappa shape index (κ2) is 5.62. The second-order valence-corrected chi connectivity index (χ2v) is 3.23. The standard InChI is InChI=1S/C11H17NO2/c1-9-3-2-4-11(12-6-8-14)10(9)5-7-13/h2-4,12-14H,5-8H2,1H3. The van der Waals surface area contributed by atoms with Crippen LogP contribution in [0, 0.1) is 6.92 Å². The third-order valence-corrected chi connectivity index (χ3v) is 2.20. The van der Waals surface area contributed by atoms with Gasteiger partial charge < -0.3 is 15.5 Å². The van der Waals surface area contributed by atoms with E-state index in [0.29, 0.717) is 13.0 Å². The highest BCUT2D eigenvalue weighted by Gasteiger charge is 2.03. The molecule has 78 valence electrons. The molecule has 0 heterocycles. The second-order valence-electron chi connectivity index (χ2n) is 3.23. The van der Waals surface area contributed by atoms with Gasteiger partial charge in [-0.2, -0.15) is 0 Å². The summed E-state index contributed by atoms with van der Waals surface area (Å²) in [6.45, 7) is 2.84. The molecule has 1 aromatic carbocycles. The Kier molecular flexibility index (Phi) is 4.43. The minimum atomic E-state index is 0.118. The summed E-state index contributed by atoms with van der Waals surface area (Å²) in [6.07, 6.45) is 0.653. The Balaban J connectivity index is 2.83. The van der Waals surface area contributed by atoms with E-state index in [4.69, 9.17) is 10.2 Å². The number of aliphatic hydroxyl groups excluding tert-OH is 2.